The number of fused-ring (bicyclic) bond motifs is 2. The van der Waals surface area contributed by atoms with Gasteiger partial charge in [0, 0.05) is 38.8 Å². The number of amides is 1. The molecule has 1 unspecified atom stereocenters. The molecule has 3 heterocycles. The van der Waals surface area contributed by atoms with Crippen molar-refractivity contribution in [3.63, 3.8) is 0 Å². The van der Waals surface area contributed by atoms with E-state index >= 15 is 0 Å². The third-order valence-electron chi connectivity index (χ3n) is 6.35. The summed E-state index contributed by atoms with van der Waals surface area (Å²) in [6.45, 7) is 2.16. The van der Waals surface area contributed by atoms with E-state index < -0.39 is 0 Å². The van der Waals surface area contributed by atoms with Crippen LogP contribution in [-0.2, 0) is 23.1 Å². The highest BCUT2D eigenvalue weighted by molar-refractivity contribution is 5.87. The highest BCUT2D eigenvalue weighted by Gasteiger charge is 2.33. The summed E-state index contributed by atoms with van der Waals surface area (Å²) in [5, 5.41) is 1.00. The van der Waals surface area contributed by atoms with Crippen molar-refractivity contribution in [2.24, 2.45) is 7.05 Å². The average Bonchev–Trinajstić information content (AvgIpc) is 3.54. The zero-order valence-corrected chi connectivity index (χ0v) is 18.5. The minimum absolute atomic E-state index is 0.00428. The maximum Gasteiger partial charge on any atom is 0.261 e. The third-order valence-corrected chi connectivity index (χ3v) is 6.35. The number of rotatable bonds is 7. The minimum atomic E-state index is -0.0191. The standard InChI is InChI=1S/C25H28N4O3/c1-27-21-8-4-3-7-19(21)26-25(27)22-10-6-13-29(22)24(30)17-32-23-11-5-9-20-18(23)12-14-28(20)15-16-31-2/h3-5,7-9,11-12,14,22H,6,10,13,15-17H2,1-2H3. The molecule has 5 rings (SSSR count). The van der Waals surface area contributed by atoms with E-state index in [4.69, 9.17) is 14.5 Å². The Bertz CT molecular complexity index is 1260. The van der Waals surface area contributed by atoms with Gasteiger partial charge in [0.25, 0.3) is 5.91 Å². The van der Waals surface area contributed by atoms with Gasteiger partial charge in [-0.1, -0.05) is 18.2 Å². The summed E-state index contributed by atoms with van der Waals surface area (Å²) < 4.78 is 15.5. The van der Waals surface area contributed by atoms with Gasteiger partial charge in [0.15, 0.2) is 6.61 Å². The average molecular weight is 433 g/mol. The lowest BCUT2D eigenvalue weighted by atomic mass is 10.2. The predicted molar refractivity (Wildman–Crippen MR) is 124 cm³/mol. The second-order valence-electron chi connectivity index (χ2n) is 8.24. The van der Waals surface area contributed by atoms with Gasteiger partial charge in [-0.15, -0.1) is 0 Å². The fourth-order valence-electron chi connectivity index (χ4n) is 4.72. The van der Waals surface area contributed by atoms with Crippen LogP contribution in [-0.4, -0.2) is 51.8 Å². The normalized spacial score (nSPS) is 16.3. The quantitative estimate of drug-likeness (QED) is 0.444. The number of imidazole rings is 1. The van der Waals surface area contributed by atoms with Crippen LogP contribution in [0.5, 0.6) is 5.75 Å². The molecule has 4 aromatic rings. The van der Waals surface area contributed by atoms with Crippen LogP contribution < -0.4 is 4.74 Å². The van der Waals surface area contributed by atoms with Crippen molar-refractivity contribution in [3.05, 3.63) is 60.6 Å². The van der Waals surface area contributed by atoms with Crippen molar-refractivity contribution >= 4 is 27.8 Å². The molecule has 1 aliphatic heterocycles. The van der Waals surface area contributed by atoms with Gasteiger partial charge >= 0.3 is 0 Å². The number of aromatic nitrogens is 3. The number of carbonyl (C=O) groups excluding carboxylic acids is 1. The molecule has 0 radical (unpaired) electrons. The first-order chi connectivity index (χ1) is 15.7. The van der Waals surface area contributed by atoms with E-state index in [1.165, 1.54) is 0 Å². The molecule has 7 heteroatoms. The second-order valence-corrected chi connectivity index (χ2v) is 8.24. The van der Waals surface area contributed by atoms with Gasteiger partial charge in [-0.3, -0.25) is 4.79 Å². The summed E-state index contributed by atoms with van der Waals surface area (Å²) in [4.78, 5) is 19.9. The van der Waals surface area contributed by atoms with Gasteiger partial charge in [-0.05, 0) is 43.2 Å². The first-order valence-corrected chi connectivity index (χ1v) is 11.1. The third kappa shape index (κ3) is 3.62. The second kappa shape index (κ2) is 8.67. The van der Waals surface area contributed by atoms with E-state index in [2.05, 4.69) is 21.3 Å². The van der Waals surface area contributed by atoms with Crippen molar-refractivity contribution in [2.75, 3.05) is 26.9 Å². The summed E-state index contributed by atoms with van der Waals surface area (Å²) in [5.74, 6) is 1.66. The number of carbonyl (C=O) groups is 1. The molecule has 0 aliphatic carbocycles. The molecule has 0 spiro atoms. The van der Waals surface area contributed by atoms with Crippen molar-refractivity contribution in [2.45, 2.75) is 25.4 Å². The van der Waals surface area contributed by atoms with Crippen LogP contribution in [0.2, 0.25) is 0 Å². The van der Waals surface area contributed by atoms with E-state index in [0.29, 0.717) is 6.61 Å². The van der Waals surface area contributed by atoms with Crippen LogP contribution >= 0.6 is 0 Å². The highest BCUT2D eigenvalue weighted by atomic mass is 16.5. The Kier molecular flexibility index (Phi) is 5.57. The SMILES string of the molecule is COCCn1ccc2c(OCC(=O)N3CCCC3c3nc4ccccc4n3C)cccc21. The van der Waals surface area contributed by atoms with Crippen molar-refractivity contribution < 1.29 is 14.3 Å². The molecule has 1 aliphatic rings. The Morgan fingerprint density at radius 1 is 1.12 bits per heavy atom. The van der Waals surface area contributed by atoms with E-state index in [9.17, 15) is 4.79 Å². The van der Waals surface area contributed by atoms with Gasteiger partial charge in [0.05, 0.1) is 29.2 Å². The van der Waals surface area contributed by atoms with Crippen LogP contribution in [0.25, 0.3) is 21.9 Å². The minimum Gasteiger partial charge on any atom is -0.483 e. The van der Waals surface area contributed by atoms with Crippen molar-refractivity contribution in [1.82, 2.24) is 19.0 Å². The van der Waals surface area contributed by atoms with Crippen LogP contribution in [0.4, 0.5) is 0 Å². The monoisotopic (exact) mass is 432 g/mol. The number of hydrogen-bond donors (Lipinski definition) is 0. The number of methoxy groups -OCH3 is 1. The first-order valence-electron chi connectivity index (χ1n) is 11.1. The van der Waals surface area contributed by atoms with Gasteiger partial charge in [-0.25, -0.2) is 4.98 Å². The van der Waals surface area contributed by atoms with Crippen LogP contribution in [0.3, 0.4) is 0 Å². The molecule has 1 atom stereocenters. The molecule has 7 nitrogen and oxygen atoms in total. The van der Waals surface area contributed by atoms with Crippen molar-refractivity contribution in [3.8, 4) is 5.75 Å². The van der Waals surface area contributed by atoms with E-state index in [0.717, 1.165) is 59.4 Å². The van der Waals surface area contributed by atoms with Crippen LogP contribution in [0.1, 0.15) is 24.7 Å². The number of benzene rings is 2. The molecular formula is C25H28N4O3. The Balaban J connectivity index is 1.32. The largest absolute Gasteiger partial charge is 0.483 e. The Morgan fingerprint density at radius 3 is 2.81 bits per heavy atom. The predicted octanol–water partition coefficient (Wildman–Crippen LogP) is 3.92. The summed E-state index contributed by atoms with van der Waals surface area (Å²) >= 11 is 0. The maximum atomic E-state index is 13.2. The van der Waals surface area contributed by atoms with Crippen LogP contribution in [0.15, 0.2) is 54.7 Å². The van der Waals surface area contributed by atoms with E-state index in [1.807, 2.05) is 54.5 Å². The smallest absolute Gasteiger partial charge is 0.261 e. The van der Waals surface area contributed by atoms with Gasteiger partial charge in [0.2, 0.25) is 0 Å². The van der Waals surface area contributed by atoms with E-state index in [1.54, 1.807) is 7.11 Å². The molecule has 32 heavy (non-hydrogen) atoms. The topological polar surface area (TPSA) is 61.5 Å². The summed E-state index contributed by atoms with van der Waals surface area (Å²) in [5.41, 5.74) is 3.12. The maximum absolute atomic E-state index is 13.2. The molecular weight excluding hydrogens is 404 g/mol. The number of nitrogens with zero attached hydrogens (tertiary/aromatic N) is 4. The molecule has 1 fully saturated rings. The number of aryl methyl sites for hydroxylation is 1. The molecule has 2 aromatic heterocycles. The molecule has 0 bridgehead atoms. The van der Waals surface area contributed by atoms with Gasteiger partial charge in [0.1, 0.15) is 11.6 Å². The Morgan fingerprint density at radius 2 is 1.97 bits per heavy atom. The fourth-order valence-corrected chi connectivity index (χ4v) is 4.72. The molecule has 0 N–H and O–H groups in total. The fraction of sp³-hybridized carbons (Fsp3) is 0.360. The van der Waals surface area contributed by atoms with Gasteiger partial charge < -0.3 is 23.5 Å². The Hall–Kier alpha value is -3.32. The zero-order chi connectivity index (χ0) is 22.1. The number of hydrogen-bond acceptors (Lipinski definition) is 4. The first kappa shape index (κ1) is 20.6. The Labute approximate surface area is 187 Å². The molecule has 2 aromatic carbocycles. The number of likely N-dealkylation sites (tertiary alicyclic amines) is 1. The zero-order valence-electron chi connectivity index (χ0n) is 18.5. The number of ether oxygens (including phenoxy) is 2. The van der Waals surface area contributed by atoms with Gasteiger partial charge in [-0.2, -0.15) is 0 Å². The molecule has 166 valence electrons. The molecule has 1 amide bonds. The van der Waals surface area contributed by atoms with Crippen molar-refractivity contribution in [1.29, 1.82) is 0 Å². The van der Waals surface area contributed by atoms with E-state index in [-0.39, 0.29) is 18.6 Å². The molecule has 0 saturated carbocycles. The lowest BCUT2D eigenvalue weighted by Gasteiger charge is -2.24. The number of para-hydroxylation sites is 2. The van der Waals surface area contributed by atoms with Crippen LogP contribution in [0, 0.1) is 0 Å². The summed E-state index contributed by atoms with van der Waals surface area (Å²) in [6, 6.07) is 16.0. The summed E-state index contributed by atoms with van der Waals surface area (Å²) in [7, 11) is 3.72. The lowest BCUT2D eigenvalue weighted by molar-refractivity contribution is -0.134. The lowest BCUT2D eigenvalue weighted by Crippen LogP contribution is -2.35. The summed E-state index contributed by atoms with van der Waals surface area (Å²) in [6.07, 6.45) is 3.92. The molecule has 1 saturated heterocycles. The highest BCUT2D eigenvalue weighted by Crippen LogP contribution is 2.33.